The van der Waals surface area contributed by atoms with Crippen molar-refractivity contribution in [2.75, 3.05) is 6.54 Å². The molecule has 2 N–H and O–H groups in total. The lowest BCUT2D eigenvalue weighted by Gasteiger charge is -2.12. The second kappa shape index (κ2) is 7.00. The maximum atomic E-state index is 11.9. The molecule has 3 aromatic rings. The van der Waals surface area contributed by atoms with E-state index in [-0.39, 0.29) is 12.5 Å². The quantitative estimate of drug-likeness (QED) is 0.729. The number of rotatable bonds is 5. The average Bonchev–Trinajstić information content (AvgIpc) is 3.24. The molecule has 2 aromatic heterocycles. The van der Waals surface area contributed by atoms with E-state index in [4.69, 9.17) is 16.0 Å². The molecule has 2 heterocycles. The van der Waals surface area contributed by atoms with Crippen molar-refractivity contribution in [1.82, 2.24) is 5.32 Å². The summed E-state index contributed by atoms with van der Waals surface area (Å²) in [6.45, 7) is 0.133. The molecule has 0 unspecified atom stereocenters. The third-order valence-electron chi connectivity index (χ3n) is 3.35. The van der Waals surface area contributed by atoms with Crippen molar-refractivity contribution >= 4 is 28.8 Å². The number of carbonyl (C=O) groups excluding carboxylic acids is 1. The Morgan fingerprint density at radius 1 is 1.22 bits per heavy atom. The van der Waals surface area contributed by atoms with Gasteiger partial charge in [0, 0.05) is 12.1 Å². The van der Waals surface area contributed by atoms with Crippen LogP contribution in [0.5, 0.6) is 0 Å². The minimum atomic E-state index is -0.778. The van der Waals surface area contributed by atoms with E-state index in [1.54, 1.807) is 18.4 Å². The zero-order valence-electron chi connectivity index (χ0n) is 12.0. The highest BCUT2D eigenvalue weighted by atomic mass is 35.5. The summed E-state index contributed by atoms with van der Waals surface area (Å²) >= 11 is 7.01. The summed E-state index contributed by atoms with van der Waals surface area (Å²) < 4.78 is 5.88. The highest BCUT2D eigenvalue weighted by Crippen LogP contribution is 2.23. The van der Waals surface area contributed by atoms with Crippen molar-refractivity contribution in [2.24, 2.45) is 0 Å². The Kier molecular flexibility index (Phi) is 4.81. The first kappa shape index (κ1) is 15.8. The fourth-order valence-electron chi connectivity index (χ4n) is 2.14. The monoisotopic (exact) mass is 347 g/mol. The molecule has 6 heteroatoms. The topological polar surface area (TPSA) is 62.5 Å². The molecular formula is C17H14ClNO3S. The number of furan rings is 1. The lowest BCUT2D eigenvalue weighted by atomic mass is 10.1. The van der Waals surface area contributed by atoms with Gasteiger partial charge in [0.2, 0.25) is 0 Å². The van der Waals surface area contributed by atoms with Gasteiger partial charge < -0.3 is 14.8 Å². The Balaban J connectivity index is 1.60. The van der Waals surface area contributed by atoms with Crippen LogP contribution < -0.4 is 5.32 Å². The molecule has 0 saturated heterocycles. The summed E-state index contributed by atoms with van der Waals surface area (Å²) in [7, 11) is 0. The standard InChI is InChI=1S/C17H14ClNO3S/c18-16-8-7-15(23-16)17(21)19-10-13(20)11-3-5-12(6-4-11)14-2-1-9-22-14/h1-9,13,20H,10H2,(H,19,21)/t13-/m0/s1. The Morgan fingerprint density at radius 2 is 2.00 bits per heavy atom. The summed E-state index contributed by atoms with van der Waals surface area (Å²) in [5.74, 6) is 0.530. The van der Waals surface area contributed by atoms with Crippen molar-refractivity contribution in [3.05, 3.63) is 69.6 Å². The van der Waals surface area contributed by atoms with Crippen LogP contribution in [-0.2, 0) is 0 Å². The van der Waals surface area contributed by atoms with Gasteiger partial charge in [-0.25, -0.2) is 0 Å². The fraction of sp³-hybridized carbons (Fsp3) is 0.118. The van der Waals surface area contributed by atoms with Crippen molar-refractivity contribution in [3.63, 3.8) is 0 Å². The normalized spacial score (nSPS) is 12.1. The van der Waals surface area contributed by atoms with Gasteiger partial charge >= 0.3 is 0 Å². The molecular weight excluding hydrogens is 334 g/mol. The van der Waals surface area contributed by atoms with Crippen LogP contribution in [0.3, 0.4) is 0 Å². The van der Waals surface area contributed by atoms with Crippen LogP contribution in [0.2, 0.25) is 4.34 Å². The van der Waals surface area contributed by atoms with E-state index < -0.39 is 6.10 Å². The van der Waals surface area contributed by atoms with E-state index in [1.807, 2.05) is 36.4 Å². The molecule has 118 valence electrons. The van der Waals surface area contributed by atoms with Gasteiger partial charge in [-0.1, -0.05) is 35.9 Å². The number of hydrogen-bond acceptors (Lipinski definition) is 4. The number of aliphatic hydroxyl groups excluding tert-OH is 1. The lowest BCUT2D eigenvalue weighted by molar-refractivity contribution is 0.0920. The Morgan fingerprint density at radius 3 is 2.61 bits per heavy atom. The smallest absolute Gasteiger partial charge is 0.261 e. The molecule has 0 fully saturated rings. The van der Waals surface area contributed by atoms with Gasteiger partial charge in [-0.05, 0) is 29.8 Å². The Hall–Kier alpha value is -2.08. The second-order valence-corrected chi connectivity index (χ2v) is 6.64. The zero-order chi connectivity index (χ0) is 16.2. The number of hydrogen-bond donors (Lipinski definition) is 2. The molecule has 3 rings (SSSR count). The maximum absolute atomic E-state index is 11.9. The van der Waals surface area contributed by atoms with Crippen LogP contribution in [0.4, 0.5) is 0 Å². The molecule has 0 radical (unpaired) electrons. The number of carbonyl (C=O) groups is 1. The highest BCUT2D eigenvalue weighted by molar-refractivity contribution is 7.17. The van der Waals surface area contributed by atoms with Crippen LogP contribution in [0.15, 0.2) is 59.2 Å². The van der Waals surface area contributed by atoms with E-state index >= 15 is 0 Å². The summed E-state index contributed by atoms with van der Waals surface area (Å²) in [6, 6.07) is 14.4. The minimum absolute atomic E-state index is 0.133. The SMILES string of the molecule is O=C(NC[C@H](O)c1ccc(-c2ccco2)cc1)c1ccc(Cl)s1. The molecule has 1 amide bonds. The summed E-state index contributed by atoms with van der Waals surface area (Å²) in [4.78, 5) is 12.4. The fourth-order valence-corrected chi connectivity index (χ4v) is 3.10. The molecule has 0 aliphatic carbocycles. The maximum Gasteiger partial charge on any atom is 0.261 e. The average molecular weight is 348 g/mol. The zero-order valence-corrected chi connectivity index (χ0v) is 13.6. The predicted octanol–water partition coefficient (Wildman–Crippen LogP) is 4.12. The van der Waals surface area contributed by atoms with Gasteiger partial charge in [0.25, 0.3) is 5.91 Å². The number of halogens is 1. The molecule has 0 saturated carbocycles. The second-order valence-electron chi connectivity index (χ2n) is 4.93. The molecule has 0 aliphatic heterocycles. The number of amides is 1. The van der Waals surface area contributed by atoms with Crippen LogP contribution in [0.1, 0.15) is 21.3 Å². The predicted molar refractivity (Wildman–Crippen MR) is 90.8 cm³/mol. The number of thiophene rings is 1. The molecule has 23 heavy (non-hydrogen) atoms. The van der Waals surface area contributed by atoms with Crippen molar-refractivity contribution < 1.29 is 14.3 Å². The van der Waals surface area contributed by atoms with Crippen molar-refractivity contribution in [1.29, 1.82) is 0 Å². The third-order valence-corrected chi connectivity index (χ3v) is 4.58. The number of aliphatic hydroxyl groups is 1. The van der Waals surface area contributed by atoms with Gasteiger partial charge in [-0.15, -0.1) is 11.3 Å². The van der Waals surface area contributed by atoms with Crippen LogP contribution in [0.25, 0.3) is 11.3 Å². The van der Waals surface area contributed by atoms with Crippen LogP contribution >= 0.6 is 22.9 Å². The molecule has 1 aromatic carbocycles. The molecule has 0 spiro atoms. The molecule has 0 aliphatic rings. The first-order chi connectivity index (χ1) is 11.1. The Labute approximate surface area is 142 Å². The van der Waals surface area contributed by atoms with Crippen molar-refractivity contribution in [3.8, 4) is 11.3 Å². The lowest BCUT2D eigenvalue weighted by Crippen LogP contribution is -2.27. The summed E-state index contributed by atoms with van der Waals surface area (Å²) in [5.41, 5.74) is 1.66. The van der Waals surface area contributed by atoms with Gasteiger partial charge in [0.05, 0.1) is 21.6 Å². The molecule has 1 atom stereocenters. The molecule has 0 bridgehead atoms. The highest BCUT2D eigenvalue weighted by Gasteiger charge is 2.13. The van der Waals surface area contributed by atoms with E-state index in [2.05, 4.69) is 5.32 Å². The number of benzene rings is 1. The third kappa shape index (κ3) is 3.82. The molecule has 4 nitrogen and oxygen atoms in total. The van der Waals surface area contributed by atoms with E-state index in [1.165, 1.54) is 11.3 Å². The van der Waals surface area contributed by atoms with Crippen LogP contribution in [0, 0.1) is 0 Å². The van der Waals surface area contributed by atoms with Crippen LogP contribution in [-0.4, -0.2) is 17.6 Å². The van der Waals surface area contributed by atoms with Gasteiger partial charge in [0.15, 0.2) is 0 Å². The Bertz CT molecular complexity index is 781. The van der Waals surface area contributed by atoms with E-state index in [9.17, 15) is 9.90 Å². The summed E-state index contributed by atoms with van der Waals surface area (Å²) in [6.07, 6.45) is 0.838. The van der Waals surface area contributed by atoms with Crippen molar-refractivity contribution in [2.45, 2.75) is 6.10 Å². The minimum Gasteiger partial charge on any atom is -0.464 e. The van der Waals surface area contributed by atoms with Gasteiger partial charge in [-0.3, -0.25) is 4.79 Å². The summed E-state index contributed by atoms with van der Waals surface area (Å²) in [5, 5.41) is 12.9. The largest absolute Gasteiger partial charge is 0.464 e. The van der Waals surface area contributed by atoms with E-state index in [0.29, 0.717) is 9.21 Å². The first-order valence-electron chi connectivity index (χ1n) is 6.99. The first-order valence-corrected chi connectivity index (χ1v) is 8.18. The number of nitrogens with one attached hydrogen (secondary N) is 1. The van der Waals surface area contributed by atoms with E-state index in [0.717, 1.165) is 16.9 Å². The van der Waals surface area contributed by atoms with Gasteiger partial charge in [-0.2, -0.15) is 0 Å². The van der Waals surface area contributed by atoms with Gasteiger partial charge in [0.1, 0.15) is 5.76 Å².